The first-order valence-electron chi connectivity index (χ1n) is 7.53. The van der Waals surface area contributed by atoms with Gasteiger partial charge in [0.05, 0.1) is 18.0 Å². The van der Waals surface area contributed by atoms with Crippen LogP contribution in [0.3, 0.4) is 0 Å². The number of rotatable bonds is 6. The Labute approximate surface area is 121 Å². The van der Waals surface area contributed by atoms with Crippen LogP contribution in [0, 0.1) is 5.92 Å². The van der Waals surface area contributed by atoms with Crippen LogP contribution in [-0.2, 0) is 9.59 Å². The lowest BCUT2D eigenvalue weighted by atomic mass is 9.77. The smallest absolute Gasteiger partial charge is 0.305 e. The minimum Gasteiger partial charge on any atom is -0.481 e. The third kappa shape index (κ3) is 4.20. The Morgan fingerprint density at radius 1 is 1.25 bits per heavy atom. The number of carbonyl (C=O) groups is 2. The Morgan fingerprint density at radius 3 is 2.25 bits per heavy atom. The van der Waals surface area contributed by atoms with Crippen molar-refractivity contribution in [1.82, 2.24) is 4.90 Å². The highest BCUT2D eigenvalue weighted by Crippen LogP contribution is 2.36. The van der Waals surface area contributed by atoms with Crippen molar-refractivity contribution >= 4 is 11.9 Å². The summed E-state index contributed by atoms with van der Waals surface area (Å²) in [6.07, 6.45) is 5.23. The Bertz CT molecular complexity index is 349. The van der Waals surface area contributed by atoms with Crippen LogP contribution in [0.1, 0.15) is 58.8 Å². The first-order chi connectivity index (χ1) is 9.28. The van der Waals surface area contributed by atoms with Crippen LogP contribution in [0.5, 0.6) is 0 Å². The third-order valence-electron chi connectivity index (χ3n) is 4.35. The molecule has 0 unspecified atom stereocenters. The van der Waals surface area contributed by atoms with Crippen LogP contribution in [-0.4, -0.2) is 40.5 Å². The van der Waals surface area contributed by atoms with Crippen LogP contribution >= 0.6 is 0 Å². The summed E-state index contributed by atoms with van der Waals surface area (Å²) in [5, 5.41) is 9.18. The summed E-state index contributed by atoms with van der Waals surface area (Å²) >= 11 is 0. The van der Waals surface area contributed by atoms with Crippen molar-refractivity contribution in [3.63, 3.8) is 0 Å². The number of nitrogens with zero attached hydrogens (tertiary/aromatic N) is 1. The van der Waals surface area contributed by atoms with Gasteiger partial charge in [0.25, 0.3) is 0 Å². The lowest BCUT2D eigenvalue weighted by Crippen LogP contribution is -2.56. The van der Waals surface area contributed by atoms with Gasteiger partial charge in [-0.3, -0.25) is 9.59 Å². The summed E-state index contributed by atoms with van der Waals surface area (Å²) in [4.78, 5) is 25.3. The van der Waals surface area contributed by atoms with Gasteiger partial charge < -0.3 is 15.7 Å². The molecule has 0 aromatic heterocycles. The van der Waals surface area contributed by atoms with Crippen molar-refractivity contribution in [2.75, 3.05) is 7.05 Å². The summed E-state index contributed by atoms with van der Waals surface area (Å²) in [7, 11) is 1.72. The van der Waals surface area contributed by atoms with E-state index in [2.05, 4.69) is 0 Å². The maximum absolute atomic E-state index is 12.5. The second-order valence-electron chi connectivity index (χ2n) is 6.49. The van der Waals surface area contributed by atoms with Crippen LogP contribution in [0.15, 0.2) is 0 Å². The zero-order valence-corrected chi connectivity index (χ0v) is 12.9. The average Bonchev–Trinajstić information content (AvgIpc) is 2.36. The molecule has 20 heavy (non-hydrogen) atoms. The number of amides is 1. The molecule has 0 spiro atoms. The van der Waals surface area contributed by atoms with Crippen molar-refractivity contribution in [3.8, 4) is 0 Å². The van der Waals surface area contributed by atoms with Gasteiger partial charge in [-0.05, 0) is 25.2 Å². The lowest BCUT2D eigenvalue weighted by Gasteiger charge is -2.44. The van der Waals surface area contributed by atoms with E-state index in [1.807, 2.05) is 13.8 Å². The van der Waals surface area contributed by atoms with E-state index in [1.54, 1.807) is 11.9 Å². The number of aliphatic carboxylic acids is 1. The Balaban J connectivity index is 2.84. The standard InChI is InChI=1S/C15H28N2O3/c1-11(2)9-12(16)14(20)17(3)15(10-13(18)19)7-5-4-6-8-15/h11-12H,4-10,16H2,1-3H3,(H,18,19)/t12-/m0/s1. The van der Waals surface area contributed by atoms with E-state index in [0.29, 0.717) is 12.3 Å². The van der Waals surface area contributed by atoms with Crippen molar-refractivity contribution in [2.24, 2.45) is 11.7 Å². The number of carboxylic acid groups (broad SMARTS) is 1. The second kappa shape index (κ2) is 7.07. The Hall–Kier alpha value is -1.10. The van der Waals surface area contributed by atoms with E-state index in [4.69, 9.17) is 5.73 Å². The zero-order valence-electron chi connectivity index (χ0n) is 12.9. The highest BCUT2D eigenvalue weighted by molar-refractivity contribution is 5.83. The quantitative estimate of drug-likeness (QED) is 0.781. The SMILES string of the molecule is CC(C)C[C@H](N)C(=O)N(C)C1(CC(=O)O)CCCCC1. The molecule has 1 atom stereocenters. The predicted octanol–water partition coefficient (Wildman–Crippen LogP) is 2.00. The summed E-state index contributed by atoms with van der Waals surface area (Å²) in [6.45, 7) is 4.06. The number of carboxylic acids is 1. The minimum atomic E-state index is -0.844. The fourth-order valence-electron chi connectivity index (χ4n) is 3.21. The highest BCUT2D eigenvalue weighted by atomic mass is 16.4. The zero-order chi connectivity index (χ0) is 15.3. The molecule has 1 aliphatic carbocycles. The van der Waals surface area contributed by atoms with Crippen molar-refractivity contribution < 1.29 is 14.7 Å². The molecule has 1 aliphatic rings. The van der Waals surface area contributed by atoms with Gasteiger partial charge in [0, 0.05) is 7.05 Å². The van der Waals surface area contributed by atoms with Gasteiger partial charge in [0.15, 0.2) is 0 Å². The molecule has 0 aliphatic heterocycles. The van der Waals surface area contributed by atoms with E-state index in [0.717, 1.165) is 32.1 Å². The first kappa shape index (κ1) is 17.0. The van der Waals surface area contributed by atoms with Crippen molar-refractivity contribution in [2.45, 2.75) is 70.4 Å². The molecule has 1 saturated carbocycles. The summed E-state index contributed by atoms with van der Waals surface area (Å²) in [5.41, 5.74) is 5.43. The van der Waals surface area contributed by atoms with Gasteiger partial charge in [-0.1, -0.05) is 33.1 Å². The maximum atomic E-state index is 12.5. The van der Waals surface area contributed by atoms with E-state index in [1.165, 1.54) is 0 Å². The van der Waals surface area contributed by atoms with Gasteiger partial charge in [-0.25, -0.2) is 0 Å². The van der Waals surface area contributed by atoms with Gasteiger partial charge >= 0.3 is 5.97 Å². The molecule has 1 amide bonds. The predicted molar refractivity (Wildman–Crippen MR) is 78.3 cm³/mol. The van der Waals surface area contributed by atoms with E-state index in [-0.39, 0.29) is 12.3 Å². The van der Waals surface area contributed by atoms with Crippen molar-refractivity contribution in [3.05, 3.63) is 0 Å². The number of likely N-dealkylation sites (N-methyl/N-ethyl adjacent to an activating group) is 1. The molecule has 5 nitrogen and oxygen atoms in total. The molecular weight excluding hydrogens is 256 g/mol. The number of hydrogen-bond donors (Lipinski definition) is 2. The second-order valence-corrected chi connectivity index (χ2v) is 6.49. The molecule has 0 heterocycles. The minimum absolute atomic E-state index is 0.0175. The van der Waals surface area contributed by atoms with E-state index in [9.17, 15) is 14.7 Å². The number of carbonyl (C=O) groups excluding carboxylic acids is 1. The third-order valence-corrected chi connectivity index (χ3v) is 4.35. The topological polar surface area (TPSA) is 83.6 Å². The van der Waals surface area contributed by atoms with Gasteiger partial charge in [0.1, 0.15) is 0 Å². The number of hydrogen-bond acceptors (Lipinski definition) is 3. The summed E-state index contributed by atoms with van der Waals surface area (Å²) in [5.74, 6) is -0.616. The molecule has 3 N–H and O–H groups in total. The molecule has 0 aromatic carbocycles. The largest absolute Gasteiger partial charge is 0.481 e. The van der Waals surface area contributed by atoms with E-state index < -0.39 is 17.6 Å². The molecule has 0 saturated heterocycles. The maximum Gasteiger partial charge on any atom is 0.305 e. The van der Waals surface area contributed by atoms with Gasteiger partial charge in [0.2, 0.25) is 5.91 Å². The lowest BCUT2D eigenvalue weighted by molar-refractivity contribution is -0.146. The molecular formula is C15H28N2O3. The Morgan fingerprint density at radius 2 is 1.80 bits per heavy atom. The molecule has 0 radical (unpaired) electrons. The van der Waals surface area contributed by atoms with Crippen LogP contribution in [0.25, 0.3) is 0 Å². The number of nitrogens with two attached hydrogens (primary N) is 1. The highest BCUT2D eigenvalue weighted by Gasteiger charge is 2.41. The molecule has 116 valence electrons. The molecule has 5 heteroatoms. The van der Waals surface area contributed by atoms with Crippen LogP contribution in [0.4, 0.5) is 0 Å². The van der Waals surface area contributed by atoms with Crippen LogP contribution in [0.2, 0.25) is 0 Å². The monoisotopic (exact) mass is 284 g/mol. The molecule has 1 fully saturated rings. The summed E-state index contributed by atoms with van der Waals surface area (Å²) < 4.78 is 0. The molecule has 0 aromatic rings. The fourth-order valence-corrected chi connectivity index (χ4v) is 3.21. The van der Waals surface area contributed by atoms with Gasteiger partial charge in [-0.15, -0.1) is 0 Å². The molecule has 1 rings (SSSR count). The average molecular weight is 284 g/mol. The molecule has 0 bridgehead atoms. The first-order valence-corrected chi connectivity index (χ1v) is 7.53. The normalized spacial score (nSPS) is 19.6. The van der Waals surface area contributed by atoms with Crippen molar-refractivity contribution in [1.29, 1.82) is 0 Å². The summed E-state index contributed by atoms with van der Waals surface area (Å²) in [6, 6.07) is -0.535. The van der Waals surface area contributed by atoms with Gasteiger partial charge in [-0.2, -0.15) is 0 Å². The van der Waals surface area contributed by atoms with Crippen LogP contribution < -0.4 is 5.73 Å². The fraction of sp³-hybridized carbons (Fsp3) is 0.867. The van der Waals surface area contributed by atoms with E-state index >= 15 is 0 Å². The Kier molecular flexibility index (Phi) is 5.99.